The topological polar surface area (TPSA) is 61.4 Å². The van der Waals surface area contributed by atoms with Crippen LogP contribution in [0.15, 0.2) is 30.3 Å². The molecule has 0 bridgehead atoms. The average molecular weight is 325 g/mol. The third kappa shape index (κ3) is 3.82. The minimum Gasteiger partial charge on any atom is -0.352 e. The summed E-state index contributed by atoms with van der Waals surface area (Å²) in [5, 5.41) is 11.3. The van der Waals surface area contributed by atoms with Gasteiger partial charge < -0.3 is 15.1 Å². The number of urea groups is 1. The van der Waals surface area contributed by atoms with Gasteiger partial charge in [-0.2, -0.15) is 5.10 Å². The van der Waals surface area contributed by atoms with Crippen LogP contribution < -0.4 is 10.2 Å². The number of benzene rings is 1. The zero-order valence-corrected chi connectivity index (χ0v) is 14.4. The molecule has 6 nitrogen and oxygen atoms in total. The van der Waals surface area contributed by atoms with Crippen LogP contribution in [0.4, 0.5) is 16.3 Å². The molecule has 1 N–H and O–H groups in total. The second-order valence-electron chi connectivity index (χ2n) is 6.31. The lowest BCUT2D eigenvalue weighted by molar-refractivity contribution is 0.208. The fourth-order valence-corrected chi connectivity index (χ4v) is 2.95. The molecule has 0 saturated carbocycles. The predicted octanol–water partition coefficient (Wildman–Crippen LogP) is 2.76. The molecule has 0 radical (unpaired) electrons. The van der Waals surface area contributed by atoms with E-state index in [1.54, 1.807) is 0 Å². The van der Waals surface area contributed by atoms with E-state index in [9.17, 15) is 4.79 Å². The van der Waals surface area contributed by atoms with E-state index in [0.29, 0.717) is 13.1 Å². The Bertz CT molecular complexity index is 700. The quantitative estimate of drug-likeness (QED) is 0.922. The van der Waals surface area contributed by atoms with Gasteiger partial charge in [0, 0.05) is 31.9 Å². The first kappa shape index (κ1) is 16.2. The Morgan fingerprint density at radius 2 is 1.62 bits per heavy atom. The van der Waals surface area contributed by atoms with Crippen molar-refractivity contribution in [2.45, 2.75) is 20.8 Å². The molecule has 1 saturated heterocycles. The summed E-state index contributed by atoms with van der Waals surface area (Å²) < 4.78 is 0. The van der Waals surface area contributed by atoms with Crippen molar-refractivity contribution >= 4 is 17.5 Å². The van der Waals surface area contributed by atoms with Gasteiger partial charge in [0.05, 0.1) is 5.69 Å². The summed E-state index contributed by atoms with van der Waals surface area (Å²) in [4.78, 5) is 16.4. The molecule has 24 heavy (non-hydrogen) atoms. The molecule has 0 atom stereocenters. The SMILES string of the molecule is Cc1cc(C)cc(NC(=O)N2CCN(c3ccc(C)nn3)CC2)c1. The number of amides is 2. The summed E-state index contributed by atoms with van der Waals surface area (Å²) in [6, 6.07) is 9.97. The number of aromatic nitrogens is 2. The molecule has 0 unspecified atom stereocenters. The first-order valence-electron chi connectivity index (χ1n) is 8.21. The van der Waals surface area contributed by atoms with Crippen LogP contribution in [0.5, 0.6) is 0 Å². The van der Waals surface area contributed by atoms with E-state index in [4.69, 9.17) is 0 Å². The molecule has 1 aromatic heterocycles. The Labute approximate surface area is 142 Å². The number of rotatable bonds is 2. The van der Waals surface area contributed by atoms with E-state index in [0.717, 1.165) is 41.4 Å². The van der Waals surface area contributed by atoms with Crippen LogP contribution >= 0.6 is 0 Å². The minimum absolute atomic E-state index is 0.0466. The van der Waals surface area contributed by atoms with E-state index in [2.05, 4.69) is 26.5 Å². The van der Waals surface area contributed by atoms with E-state index in [1.807, 2.05) is 49.9 Å². The standard InChI is InChI=1S/C18H23N5O/c1-13-10-14(2)12-16(11-13)19-18(24)23-8-6-22(7-9-23)17-5-4-15(3)20-21-17/h4-5,10-12H,6-9H2,1-3H3,(H,19,24). The Morgan fingerprint density at radius 3 is 2.21 bits per heavy atom. The summed E-state index contributed by atoms with van der Waals surface area (Å²) >= 11 is 0. The molecule has 1 aliphatic heterocycles. The smallest absolute Gasteiger partial charge is 0.321 e. The van der Waals surface area contributed by atoms with Crippen molar-refractivity contribution in [3.05, 3.63) is 47.2 Å². The van der Waals surface area contributed by atoms with E-state index in [1.165, 1.54) is 0 Å². The maximum Gasteiger partial charge on any atom is 0.321 e. The van der Waals surface area contributed by atoms with Crippen LogP contribution in [0.2, 0.25) is 0 Å². The lowest BCUT2D eigenvalue weighted by Crippen LogP contribution is -2.50. The first-order chi connectivity index (χ1) is 11.5. The van der Waals surface area contributed by atoms with Gasteiger partial charge in [0.1, 0.15) is 0 Å². The van der Waals surface area contributed by atoms with Crippen LogP contribution in [0.3, 0.4) is 0 Å². The highest BCUT2D eigenvalue weighted by Gasteiger charge is 2.22. The molecule has 0 spiro atoms. The van der Waals surface area contributed by atoms with Gasteiger partial charge in [0.2, 0.25) is 0 Å². The molecular formula is C18H23N5O. The predicted molar refractivity (Wildman–Crippen MR) is 95.5 cm³/mol. The van der Waals surface area contributed by atoms with Gasteiger partial charge in [0.25, 0.3) is 0 Å². The van der Waals surface area contributed by atoms with Gasteiger partial charge in [-0.1, -0.05) is 6.07 Å². The van der Waals surface area contributed by atoms with Crippen molar-refractivity contribution in [2.75, 3.05) is 36.4 Å². The highest BCUT2D eigenvalue weighted by Crippen LogP contribution is 2.16. The molecule has 6 heteroatoms. The van der Waals surface area contributed by atoms with Gasteiger partial charge in [-0.05, 0) is 56.2 Å². The van der Waals surface area contributed by atoms with Crippen LogP contribution in [0.1, 0.15) is 16.8 Å². The fourth-order valence-electron chi connectivity index (χ4n) is 2.95. The minimum atomic E-state index is -0.0466. The van der Waals surface area contributed by atoms with Gasteiger partial charge in [-0.25, -0.2) is 4.79 Å². The molecule has 0 aliphatic carbocycles. The third-order valence-electron chi connectivity index (χ3n) is 4.15. The van der Waals surface area contributed by atoms with Crippen molar-refractivity contribution in [3.8, 4) is 0 Å². The first-order valence-corrected chi connectivity index (χ1v) is 8.21. The number of hydrogen-bond acceptors (Lipinski definition) is 4. The van der Waals surface area contributed by atoms with Crippen molar-refractivity contribution in [3.63, 3.8) is 0 Å². The Balaban J connectivity index is 1.57. The highest BCUT2D eigenvalue weighted by atomic mass is 16.2. The number of carbonyl (C=O) groups is 1. The van der Waals surface area contributed by atoms with Crippen LogP contribution in [0, 0.1) is 20.8 Å². The molecule has 1 fully saturated rings. The average Bonchev–Trinajstić information content (AvgIpc) is 2.55. The molecule has 2 amide bonds. The van der Waals surface area contributed by atoms with Crippen molar-refractivity contribution < 1.29 is 4.79 Å². The van der Waals surface area contributed by atoms with E-state index >= 15 is 0 Å². The Morgan fingerprint density at radius 1 is 0.958 bits per heavy atom. The summed E-state index contributed by atoms with van der Waals surface area (Å²) in [6.45, 7) is 8.86. The lowest BCUT2D eigenvalue weighted by Gasteiger charge is -2.35. The summed E-state index contributed by atoms with van der Waals surface area (Å²) in [5.41, 5.74) is 4.05. The van der Waals surface area contributed by atoms with Crippen LogP contribution in [0.25, 0.3) is 0 Å². The van der Waals surface area contributed by atoms with E-state index in [-0.39, 0.29) is 6.03 Å². The van der Waals surface area contributed by atoms with Crippen molar-refractivity contribution in [2.24, 2.45) is 0 Å². The largest absolute Gasteiger partial charge is 0.352 e. The number of nitrogens with zero attached hydrogens (tertiary/aromatic N) is 4. The third-order valence-corrected chi connectivity index (χ3v) is 4.15. The second kappa shape index (κ2) is 6.86. The number of aryl methyl sites for hydroxylation is 3. The molecule has 2 aromatic rings. The van der Waals surface area contributed by atoms with Gasteiger partial charge >= 0.3 is 6.03 Å². The molecule has 2 heterocycles. The summed E-state index contributed by atoms with van der Waals surface area (Å²) in [7, 11) is 0. The number of anilines is 2. The molecule has 1 aromatic carbocycles. The van der Waals surface area contributed by atoms with Crippen molar-refractivity contribution in [1.29, 1.82) is 0 Å². The number of piperazine rings is 1. The molecular weight excluding hydrogens is 302 g/mol. The highest BCUT2D eigenvalue weighted by molar-refractivity contribution is 5.89. The van der Waals surface area contributed by atoms with Crippen molar-refractivity contribution in [1.82, 2.24) is 15.1 Å². The maximum absolute atomic E-state index is 12.4. The van der Waals surface area contributed by atoms with Gasteiger partial charge in [0.15, 0.2) is 5.82 Å². The summed E-state index contributed by atoms with van der Waals surface area (Å²) in [5.74, 6) is 0.870. The van der Waals surface area contributed by atoms with Gasteiger partial charge in [-0.3, -0.25) is 0 Å². The zero-order valence-electron chi connectivity index (χ0n) is 14.4. The normalized spacial score (nSPS) is 14.6. The summed E-state index contributed by atoms with van der Waals surface area (Å²) in [6.07, 6.45) is 0. The molecule has 126 valence electrons. The fraction of sp³-hybridized carbons (Fsp3) is 0.389. The molecule has 1 aliphatic rings. The number of hydrogen-bond donors (Lipinski definition) is 1. The molecule has 3 rings (SSSR count). The zero-order chi connectivity index (χ0) is 17.1. The lowest BCUT2D eigenvalue weighted by atomic mass is 10.1. The Hall–Kier alpha value is -2.63. The van der Waals surface area contributed by atoms with Gasteiger partial charge in [-0.15, -0.1) is 5.10 Å². The monoisotopic (exact) mass is 325 g/mol. The maximum atomic E-state index is 12.4. The number of carbonyl (C=O) groups excluding carboxylic acids is 1. The number of nitrogens with one attached hydrogen (secondary N) is 1. The van der Waals surface area contributed by atoms with Crippen LogP contribution in [-0.2, 0) is 0 Å². The van der Waals surface area contributed by atoms with Crippen LogP contribution in [-0.4, -0.2) is 47.3 Å². The van der Waals surface area contributed by atoms with E-state index < -0.39 is 0 Å². The second-order valence-corrected chi connectivity index (χ2v) is 6.31. The Kier molecular flexibility index (Phi) is 4.64.